The molecule has 0 spiro atoms. The van der Waals surface area contributed by atoms with Crippen LogP contribution in [0.3, 0.4) is 0 Å². The number of anilines is 1. The zero-order valence-electron chi connectivity index (χ0n) is 26.2. The van der Waals surface area contributed by atoms with Crippen LogP contribution in [-0.2, 0) is 31.1 Å². The van der Waals surface area contributed by atoms with Crippen molar-refractivity contribution in [3.63, 3.8) is 0 Å². The number of nitrogens with zero attached hydrogens (tertiary/aromatic N) is 5. The number of benzene rings is 1. The molecule has 0 bridgehead atoms. The van der Waals surface area contributed by atoms with Gasteiger partial charge < -0.3 is 31.8 Å². The molecule has 50 heavy (non-hydrogen) atoms. The fraction of sp³-hybridized carbons (Fsp3) is 0.321. The number of aromatic nitrogens is 4. The number of nitrogens with one attached hydrogen (secondary N) is 2. The van der Waals surface area contributed by atoms with Crippen LogP contribution < -0.4 is 27.9 Å². The molecule has 5 rings (SSSR count). The quantitative estimate of drug-likeness (QED) is 0.0474. The summed E-state index contributed by atoms with van der Waals surface area (Å²) in [4.78, 5) is 84.8. The second-order valence-corrected chi connectivity index (χ2v) is 13.8. The minimum absolute atomic E-state index is 0.0537. The smallest absolute Gasteiger partial charge is 0.352 e. The Morgan fingerprint density at radius 3 is 2.50 bits per heavy atom. The molecule has 3 aromatic rings. The number of carbonyl (C=O) groups is 4. The van der Waals surface area contributed by atoms with Gasteiger partial charge >= 0.3 is 23.1 Å². The number of rotatable bonds is 12. The van der Waals surface area contributed by atoms with Crippen LogP contribution in [0.1, 0.15) is 23.6 Å². The molecule has 3 atom stereocenters. The third-order valence-corrected chi connectivity index (χ3v) is 10.5. The van der Waals surface area contributed by atoms with Crippen molar-refractivity contribution < 1.29 is 34.2 Å². The van der Waals surface area contributed by atoms with Gasteiger partial charge in [0.25, 0.3) is 11.8 Å². The average molecular weight is 768 g/mol. The Kier molecular flexibility index (Phi) is 12.8. The summed E-state index contributed by atoms with van der Waals surface area (Å²) in [6, 6.07) is 6.10. The predicted molar refractivity (Wildman–Crippen MR) is 186 cm³/mol. The van der Waals surface area contributed by atoms with Gasteiger partial charge in [-0.2, -0.15) is 4.98 Å². The normalized spacial score (nSPS) is 17.6. The number of aryl methyl sites for hydroxylation is 1. The Labute approximate surface area is 299 Å². The highest BCUT2D eigenvalue weighted by atomic mass is 35.5. The number of thioether (sulfide) groups is 2. The fourth-order valence-electron chi connectivity index (χ4n) is 4.72. The minimum Gasteiger partial charge on any atom is -0.481 e. The van der Waals surface area contributed by atoms with Gasteiger partial charge in [-0.05, 0) is 29.8 Å². The third-order valence-electron chi connectivity index (χ3n) is 7.07. The maximum absolute atomic E-state index is 12.9. The molecule has 1 saturated heterocycles. The van der Waals surface area contributed by atoms with Crippen molar-refractivity contribution in [3.05, 3.63) is 77.9 Å². The molecule has 1 unspecified atom stereocenters. The topological polar surface area (TPSA) is 278 Å². The summed E-state index contributed by atoms with van der Waals surface area (Å²) in [7, 11) is 2.74. The maximum atomic E-state index is 12.9. The summed E-state index contributed by atoms with van der Waals surface area (Å²) in [6.07, 6.45) is 0.0537. The van der Waals surface area contributed by atoms with Crippen LogP contribution in [0.4, 0.5) is 5.13 Å². The van der Waals surface area contributed by atoms with Gasteiger partial charge in [-0.15, -0.1) is 23.1 Å². The van der Waals surface area contributed by atoms with E-state index >= 15 is 0 Å². The first-order valence-electron chi connectivity index (χ1n) is 14.3. The van der Waals surface area contributed by atoms with Crippen molar-refractivity contribution in [2.75, 3.05) is 30.9 Å². The number of fused-ring (bicyclic) bond motifs is 1. The van der Waals surface area contributed by atoms with Gasteiger partial charge in [0, 0.05) is 34.9 Å². The number of carbonyl (C=O) groups excluding carboxylic acids is 2. The predicted octanol–water partition coefficient (Wildman–Crippen LogP) is 0.246. The molecule has 1 fully saturated rings. The number of carboxylic acids is 2. The average Bonchev–Trinajstić information content (AvgIpc) is 3.51. The summed E-state index contributed by atoms with van der Waals surface area (Å²) in [5.74, 6) is -3.27. The van der Waals surface area contributed by atoms with E-state index in [0.717, 1.165) is 33.6 Å². The van der Waals surface area contributed by atoms with Crippen LogP contribution in [-0.4, -0.2) is 101 Å². The van der Waals surface area contributed by atoms with Crippen LogP contribution in [0.25, 0.3) is 0 Å². The van der Waals surface area contributed by atoms with Gasteiger partial charge in [-0.25, -0.2) is 9.78 Å². The third kappa shape index (κ3) is 8.90. The molecule has 22 heteroatoms. The highest BCUT2D eigenvalue weighted by molar-refractivity contribution is 8.01. The number of carboxylic acid groups (broad SMARTS) is 2. The van der Waals surface area contributed by atoms with E-state index in [1.54, 1.807) is 12.1 Å². The maximum Gasteiger partial charge on any atom is 0.352 e. The van der Waals surface area contributed by atoms with E-state index in [4.69, 9.17) is 33.0 Å². The summed E-state index contributed by atoms with van der Waals surface area (Å²) in [5, 5.41) is 28.9. The van der Waals surface area contributed by atoms with E-state index in [-0.39, 0.29) is 51.2 Å². The van der Waals surface area contributed by atoms with Gasteiger partial charge in [-0.1, -0.05) is 40.7 Å². The molecule has 2 aromatic heterocycles. The number of nitrogens with two attached hydrogens (primary N) is 2. The molecular formula is C28H30ClN9O9S3. The van der Waals surface area contributed by atoms with Gasteiger partial charge in [0.1, 0.15) is 29.9 Å². The Morgan fingerprint density at radius 1 is 1.22 bits per heavy atom. The van der Waals surface area contributed by atoms with Gasteiger partial charge in [-0.3, -0.25) is 38.7 Å². The van der Waals surface area contributed by atoms with E-state index in [1.165, 1.54) is 36.0 Å². The molecule has 4 heterocycles. The number of aromatic amines is 1. The number of β-lactam (4-membered cyclic amide) rings is 1. The van der Waals surface area contributed by atoms with E-state index in [2.05, 4.69) is 25.5 Å². The second-order valence-electron chi connectivity index (χ2n) is 10.4. The number of amides is 2. The minimum atomic E-state index is -1.31. The SMILES string of the molecule is CO/N=C(\C(=O)N[C@@H]1C(=O)N2C(C(=O)O)=C(CSc3nc(=O)c(=O)[nH]n3C)CS[C@H]12)c1csc(N)n1.NCC(CC(=O)O)c1ccc(Cl)cc1. The Hall–Kier alpha value is -4.70. The first kappa shape index (κ1) is 38.1. The molecule has 2 aliphatic rings. The van der Waals surface area contributed by atoms with Crippen molar-refractivity contribution in [1.29, 1.82) is 0 Å². The number of halogens is 1. The molecule has 8 N–H and O–H groups in total. The second kappa shape index (κ2) is 16.8. The summed E-state index contributed by atoms with van der Waals surface area (Å²) < 4.78 is 1.25. The Balaban J connectivity index is 0.000000337. The van der Waals surface area contributed by atoms with Crippen molar-refractivity contribution in [1.82, 2.24) is 30.0 Å². The Morgan fingerprint density at radius 2 is 1.92 bits per heavy atom. The van der Waals surface area contributed by atoms with Crippen molar-refractivity contribution in [3.8, 4) is 0 Å². The first-order valence-corrected chi connectivity index (χ1v) is 17.6. The summed E-state index contributed by atoms with van der Waals surface area (Å²) >= 11 is 9.13. The molecule has 18 nitrogen and oxygen atoms in total. The van der Waals surface area contributed by atoms with Crippen LogP contribution in [0.2, 0.25) is 5.02 Å². The molecular weight excluding hydrogens is 738 g/mol. The molecule has 0 radical (unpaired) electrons. The van der Waals surface area contributed by atoms with Gasteiger partial charge in [0.05, 0.1) is 6.42 Å². The zero-order valence-corrected chi connectivity index (χ0v) is 29.4. The molecule has 0 aliphatic carbocycles. The zero-order chi connectivity index (χ0) is 36.7. The van der Waals surface area contributed by atoms with Gasteiger partial charge in [0.15, 0.2) is 16.0 Å². The van der Waals surface area contributed by atoms with Crippen molar-refractivity contribution >= 4 is 81.1 Å². The molecule has 2 amide bonds. The van der Waals surface area contributed by atoms with E-state index in [0.29, 0.717) is 17.1 Å². The lowest BCUT2D eigenvalue weighted by atomic mass is 9.96. The van der Waals surface area contributed by atoms with E-state index in [1.807, 2.05) is 12.1 Å². The summed E-state index contributed by atoms with van der Waals surface area (Å²) in [6.45, 7) is 0.327. The fourth-order valence-corrected chi connectivity index (χ4v) is 7.80. The van der Waals surface area contributed by atoms with Crippen LogP contribution >= 0.6 is 46.5 Å². The van der Waals surface area contributed by atoms with Gasteiger partial charge in [0.2, 0.25) is 0 Å². The largest absolute Gasteiger partial charge is 0.481 e. The molecule has 0 saturated carbocycles. The summed E-state index contributed by atoms with van der Waals surface area (Å²) in [5.41, 5.74) is 10.4. The number of aliphatic carboxylic acids is 2. The number of hydrogen-bond acceptors (Lipinski definition) is 15. The number of thiazole rings is 1. The highest BCUT2D eigenvalue weighted by Crippen LogP contribution is 2.41. The highest BCUT2D eigenvalue weighted by Gasteiger charge is 2.54. The van der Waals surface area contributed by atoms with Crippen molar-refractivity contribution in [2.45, 2.75) is 28.9 Å². The van der Waals surface area contributed by atoms with E-state index in [9.17, 15) is 33.9 Å². The van der Waals surface area contributed by atoms with Crippen LogP contribution in [0, 0.1) is 0 Å². The lowest BCUT2D eigenvalue weighted by molar-refractivity contribution is -0.150. The molecule has 266 valence electrons. The number of nitrogen functional groups attached to an aromatic ring is 1. The lowest BCUT2D eigenvalue weighted by Gasteiger charge is -2.49. The molecule has 2 aliphatic heterocycles. The first-order chi connectivity index (χ1) is 23.7. The van der Waals surface area contributed by atoms with Crippen LogP contribution in [0.5, 0.6) is 0 Å². The van der Waals surface area contributed by atoms with Crippen LogP contribution in [0.15, 0.2) is 60.8 Å². The van der Waals surface area contributed by atoms with Crippen molar-refractivity contribution in [2.24, 2.45) is 17.9 Å². The van der Waals surface area contributed by atoms with E-state index < -0.39 is 46.3 Å². The number of hydrogen-bond donors (Lipinski definition) is 6. The number of H-pyrrole nitrogens is 1. The lowest BCUT2D eigenvalue weighted by Crippen LogP contribution is -2.71. The number of oxime groups is 1. The molecule has 1 aromatic carbocycles. The Bertz CT molecular complexity index is 1960. The standard InChI is InChI=1S/C18H18N8O7S3.C10H12ClNO2/c1-25-18(22-12(28)13(29)23-25)36-4-6-3-34-15-9(14(30)26(15)10(6)16(31)32)21-11(27)8(24-33-2)7-5-35-17(19)20-7;11-9-3-1-7(2-4-9)8(6-12)5-10(13)14/h5,9,15H,3-4H2,1-2H3,(H2,19,20)(H,21,27)(H,23,29)(H,31,32);1-4,8H,5-6,12H2,(H,13,14)/b24-8-;/t9-,15-;/m1./s1. The monoisotopic (exact) mass is 767 g/mol.